The summed E-state index contributed by atoms with van der Waals surface area (Å²) >= 11 is 5.75. The average molecular weight is 261 g/mol. The van der Waals surface area contributed by atoms with Crippen LogP contribution in [-0.4, -0.2) is 20.5 Å². The van der Waals surface area contributed by atoms with Crippen LogP contribution in [0.1, 0.15) is 12.8 Å². The normalized spacial score (nSPS) is 25.1. The van der Waals surface area contributed by atoms with Gasteiger partial charge < -0.3 is 5.73 Å². The number of rotatable bonds is 3. The van der Waals surface area contributed by atoms with E-state index < -0.39 is 10.0 Å². The fourth-order valence-electron chi connectivity index (χ4n) is 1.68. The van der Waals surface area contributed by atoms with E-state index in [1.54, 1.807) is 12.1 Å². The van der Waals surface area contributed by atoms with Gasteiger partial charge in [0.05, 0.1) is 4.90 Å². The second-order valence-electron chi connectivity index (χ2n) is 4.01. The largest absolute Gasteiger partial charge is 0.328 e. The molecule has 0 radical (unpaired) electrons. The summed E-state index contributed by atoms with van der Waals surface area (Å²) < 4.78 is 26.4. The Morgan fingerprint density at radius 1 is 1.38 bits per heavy atom. The maximum atomic E-state index is 11.9. The van der Waals surface area contributed by atoms with Crippen molar-refractivity contribution in [2.75, 3.05) is 0 Å². The lowest BCUT2D eigenvalue weighted by Gasteiger charge is -2.32. The molecule has 0 aliphatic heterocycles. The molecule has 1 fully saturated rings. The summed E-state index contributed by atoms with van der Waals surface area (Å²) in [5.74, 6) is 0. The smallest absolute Gasteiger partial charge is 0.240 e. The summed E-state index contributed by atoms with van der Waals surface area (Å²) in [6, 6.07) is 6.28. The number of sulfonamides is 1. The molecule has 0 amide bonds. The Morgan fingerprint density at radius 3 is 2.62 bits per heavy atom. The van der Waals surface area contributed by atoms with Crippen LogP contribution >= 0.6 is 11.6 Å². The monoisotopic (exact) mass is 260 g/mol. The Kier molecular flexibility index (Phi) is 3.21. The first-order valence-electron chi connectivity index (χ1n) is 5.01. The quantitative estimate of drug-likeness (QED) is 0.855. The fourth-order valence-corrected chi connectivity index (χ4v) is 3.24. The van der Waals surface area contributed by atoms with Crippen LogP contribution in [0, 0.1) is 0 Å². The highest BCUT2D eigenvalue weighted by atomic mass is 35.5. The van der Waals surface area contributed by atoms with Crippen LogP contribution in [0.25, 0.3) is 0 Å². The molecule has 1 aliphatic carbocycles. The lowest BCUT2D eigenvalue weighted by molar-refractivity contribution is 0.327. The number of halogens is 1. The van der Waals surface area contributed by atoms with Crippen molar-refractivity contribution in [2.24, 2.45) is 5.73 Å². The van der Waals surface area contributed by atoms with Gasteiger partial charge in [0.15, 0.2) is 0 Å². The standard InChI is InChI=1S/C10H13ClN2O2S/c11-7-2-1-3-10(4-7)16(14,15)13-9-5-8(12)6-9/h1-4,8-9,13H,5-6,12H2. The van der Waals surface area contributed by atoms with Crippen molar-refractivity contribution < 1.29 is 8.42 Å². The minimum Gasteiger partial charge on any atom is -0.328 e. The lowest BCUT2D eigenvalue weighted by atomic mass is 9.89. The molecule has 0 unspecified atom stereocenters. The molecule has 0 saturated heterocycles. The Labute approximate surface area is 99.8 Å². The summed E-state index contributed by atoms with van der Waals surface area (Å²) in [5.41, 5.74) is 5.59. The highest BCUT2D eigenvalue weighted by molar-refractivity contribution is 7.89. The van der Waals surface area contributed by atoms with Crippen LogP contribution < -0.4 is 10.5 Å². The summed E-state index contributed by atoms with van der Waals surface area (Å²) in [6.45, 7) is 0. The van der Waals surface area contributed by atoms with Gasteiger partial charge in [-0.15, -0.1) is 0 Å². The van der Waals surface area contributed by atoms with Crippen LogP contribution in [0.5, 0.6) is 0 Å². The number of hydrogen-bond acceptors (Lipinski definition) is 3. The van der Waals surface area contributed by atoms with Gasteiger partial charge in [0.2, 0.25) is 10.0 Å². The second-order valence-corrected chi connectivity index (χ2v) is 6.16. The zero-order valence-electron chi connectivity index (χ0n) is 8.56. The van der Waals surface area contributed by atoms with Gasteiger partial charge in [-0.05, 0) is 31.0 Å². The number of nitrogens with one attached hydrogen (secondary N) is 1. The predicted octanol–water partition coefficient (Wildman–Crippen LogP) is 1.11. The van der Waals surface area contributed by atoms with E-state index >= 15 is 0 Å². The lowest BCUT2D eigenvalue weighted by Crippen LogP contribution is -2.50. The highest BCUT2D eigenvalue weighted by Crippen LogP contribution is 2.21. The van der Waals surface area contributed by atoms with E-state index in [-0.39, 0.29) is 17.0 Å². The van der Waals surface area contributed by atoms with Crippen LogP contribution in [0.15, 0.2) is 29.2 Å². The van der Waals surface area contributed by atoms with Crippen LogP contribution in [0.3, 0.4) is 0 Å². The van der Waals surface area contributed by atoms with Crippen molar-refractivity contribution >= 4 is 21.6 Å². The highest BCUT2D eigenvalue weighted by Gasteiger charge is 2.30. The average Bonchev–Trinajstić information content (AvgIpc) is 2.15. The molecule has 16 heavy (non-hydrogen) atoms. The maximum absolute atomic E-state index is 11.9. The third kappa shape index (κ3) is 2.55. The van der Waals surface area contributed by atoms with E-state index in [0.717, 1.165) is 0 Å². The van der Waals surface area contributed by atoms with Crippen molar-refractivity contribution in [1.82, 2.24) is 4.72 Å². The Morgan fingerprint density at radius 2 is 2.06 bits per heavy atom. The van der Waals surface area contributed by atoms with E-state index in [1.807, 2.05) is 0 Å². The first kappa shape index (κ1) is 11.9. The molecule has 0 heterocycles. The zero-order valence-corrected chi connectivity index (χ0v) is 10.1. The summed E-state index contributed by atoms with van der Waals surface area (Å²) in [6.07, 6.45) is 1.39. The molecule has 0 atom stereocenters. The van der Waals surface area contributed by atoms with E-state index in [1.165, 1.54) is 12.1 Å². The molecule has 0 bridgehead atoms. The van der Waals surface area contributed by atoms with Crippen molar-refractivity contribution in [1.29, 1.82) is 0 Å². The summed E-state index contributed by atoms with van der Waals surface area (Å²) in [4.78, 5) is 0.195. The van der Waals surface area contributed by atoms with Crippen molar-refractivity contribution in [2.45, 2.75) is 29.8 Å². The van der Waals surface area contributed by atoms with E-state index in [0.29, 0.717) is 17.9 Å². The van der Waals surface area contributed by atoms with Crippen LogP contribution in [-0.2, 0) is 10.0 Å². The van der Waals surface area contributed by atoms with Gasteiger partial charge in [0.1, 0.15) is 0 Å². The molecule has 1 aliphatic rings. The van der Waals surface area contributed by atoms with Gasteiger partial charge in [-0.3, -0.25) is 0 Å². The fraction of sp³-hybridized carbons (Fsp3) is 0.400. The molecule has 4 nitrogen and oxygen atoms in total. The van der Waals surface area contributed by atoms with Gasteiger partial charge in [0, 0.05) is 17.1 Å². The Balaban J connectivity index is 2.13. The van der Waals surface area contributed by atoms with Gasteiger partial charge in [-0.1, -0.05) is 17.7 Å². The topological polar surface area (TPSA) is 72.2 Å². The molecule has 1 aromatic rings. The number of benzene rings is 1. The first-order chi connectivity index (χ1) is 7.47. The van der Waals surface area contributed by atoms with Crippen molar-refractivity contribution in [3.8, 4) is 0 Å². The third-order valence-electron chi connectivity index (χ3n) is 2.60. The van der Waals surface area contributed by atoms with Crippen molar-refractivity contribution in [3.05, 3.63) is 29.3 Å². The predicted molar refractivity (Wildman–Crippen MR) is 62.8 cm³/mol. The zero-order chi connectivity index (χ0) is 11.8. The molecular weight excluding hydrogens is 248 g/mol. The molecule has 1 saturated carbocycles. The van der Waals surface area contributed by atoms with Crippen molar-refractivity contribution in [3.63, 3.8) is 0 Å². The first-order valence-corrected chi connectivity index (χ1v) is 6.87. The number of hydrogen-bond donors (Lipinski definition) is 2. The van der Waals surface area contributed by atoms with Crippen LogP contribution in [0.4, 0.5) is 0 Å². The van der Waals surface area contributed by atoms with Gasteiger partial charge >= 0.3 is 0 Å². The van der Waals surface area contributed by atoms with E-state index in [4.69, 9.17) is 17.3 Å². The SMILES string of the molecule is NC1CC(NS(=O)(=O)c2cccc(Cl)c2)C1. The molecule has 0 aromatic heterocycles. The van der Waals surface area contributed by atoms with Crippen LogP contribution in [0.2, 0.25) is 5.02 Å². The molecule has 6 heteroatoms. The second kappa shape index (κ2) is 4.33. The summed E-state index contributed by atoms with van der Waals surface area (Å²) in [5, 5.41) is 0.410. The van der Waals surface area contributed by atoms with E-state index in [9.17, 15) is 8.42 Å². The maximum Gasteiger partial charge on any atom is 0.240 e. The molecule has 1 aromatic carbocycles. The number of nitrogens with two attached hydrogens (primary N) is 1. The minimum atomic E-state index is -3.46. The van der Waals surface area contributed by atoms with Gasteiger partial charge in [0.25, 0.3) is 0 Å². The molecule has 0 spiro atoms. The minimum absolute atomic E-state index is 0.0426. The van der Waals surface area contributed by atoms with Gasteiger partial charge in [-0.25, -0.2) is 13.1 Å². The Hall–Kier alpha value is -0.620. The molecule has 2 rings (SSSR count). The molecule has 88 valence electrons. The summed E-state index contributed by atoms with van der Waals surface area (Å²) in [7, 11) is -3.46. The Bertz CT molecular complexity index is 483. The van der Waals surface area contributed by atoms with Gasteiger partial charge in [-0.2, -0.15) is 0 Å². The molecular formula is C10H13ClN2O2S. The molecule has 3 N–H and O–H groups in total. The third-order valence-corrected chi connectivity index (χ3v) is 4.36. The van der Waals surface area contributed by atoms with E-state index in [2.05, 4.69) is 4.72 Å².